The maximum Gasteiger partial charge on any atom is 0.162 e. The molecule has 98 valence electrons. The van der Waals surface area contributed by atoms with E-state index in [1.165, 1.54) is 12.1 Å². The topological polar surface area (TPSA) is 21.3 Å². The third kappa shape index (κ3) is 2.26. The second kappa shape index (κ2) is 4.74. The molecule has 0 bridgehead atoms. The Kier molecular flexibility index (Phi) is 3.07. The second-order valence-corrected chi connectivity index (χ2v) is 5.01. The highest BCUT2D eigenvalue weighted by molar-refractivity contribution is 6.32. The minimum Gasteiger partial charge on any atom is -0.480 e. The summed E-state index contributed by atoms with van der Waals surface area (Å²) in [5.74, 6) is 0.420. The van der Waals surface area contributed by atoms with Gasteiger partial charge in [-0.2, -0.15) is 0 Å². The van der Waals surface area contributed by atoms with Gasteiger partial charge in [0, 0.05) is 0 Å². The smallest absolute Gasteiger partial charge is 0.162 e. The monoisotopic (exact) mass is 277 g/mol. The molecular weight excluding hydrogens is 265 g/mol. The van der Waals surface area contributed by atoms with Crippen molar-refractivity contribution in [3.8, 4) is 5.75 Å². The lowest BCUT2D eigenvalue weighted by Gasteiger charge is -2.29. The number of nitrogens with one attached hydrogen (secondary N) is 1. The van der Waals surface area contributed by atoms with Gasteiger partial charge in [-0.3, -0.25) is 0 Å². The van der Waals surface area contributed by atoms with Crippen LogP contribution < -0.4 is 10.1 Å². The number of halogens is 2. The molecule has 0 amide bonds. The van der Waals surface area contributed by atoms with Crippen LogP contribution in [0.2, 0.25) is 5.02 Å². The molecule has 1 aliphatic rings. The maximum absolute atomic E-state index is 12.9. The fourth-order valence-corrected chi connectivity index (χ4v) is 2.43. The number of hydrogen-bond acceptors (Lipinski definition) is 2. The van der Waals surface area contributed by atoms with Crippen LogP contribution in [0.15, 0.2) is 36.4 Å². The van der Waals surface area contributed by atoms with E-state index in [0.717, 1.165) is 16.8 Å². The summed E-state index contributed by atoms with van der Waals surface area (Å²) in [6, 6.07) is 10.1. The number of aryl methyl sites for hydroxylation is 1. The number of hydrogen-bond donors (Lipinski definition) is 1. The summed E-state index contributed by atoms with van der Waals surface area (Å²) >= 11 is 6.17. The first-order chi connectivity index (χ1) is 9.15. The summed E-state index contributed by atoms with van der Waals surface area (Å²) in [7, 11) is 0. The number of anilines is 1. The zero-order chi connectivity index (χ0) is 13.4. The molecule has 0 radical (unpaired) electrons. The van der Waals surface area contributed by atoms with Gasteiger partial charge in [-0.05, 0) is 36.2 Å². The summed E-state index contributed by atoms with van der Waals surface area (Å²) in [5.41, 5.74) is 2.96. The van der Waals surface area contributed by atoms with E-state index in [9.17, 15) is 4.39 Å². The van der Waals surface area contributed by atoms with Crippen molar-refractivity contribution in [2.75, 3.05) is 11.9 Å². The summed E-state index contributed by atoms with van der Waals surface area (Å²) in [6.07, 6.45) is -0.160. The van der Waals surface area contributed by atoms with E-state index in [-0.39, 0.29) is 11.9 Å². The molecule has 2 aromatic rings. The Morgan fingerprint density at radius 2 is 1.95 bits per heavy atom. The molecule has 1 atom stereocenters. The average molecular weight is 278 g/mol. The van der Waals surface area contributed by atoms with Gasteiger partial charge in [0.15, 0.2) is 5.75 Å². The van der Waals surface area contributed by atoms with E-state index in [1.54, 1.807) is 12.1 Å². The molecule has 1 heterocycles. The van der Waals surface area contributed by atoms with Crippen molar-refractivity contribution in [1.29, 1.82) is 0 Å². The highest BCUT2D eigenvalue weighted by Crippen LogP contribution is 2.41. The summed E-state index contributed by atoms with van der Waals surface area (Å²) in [5, 5.41) is 3.91. The molecule has 2 nitrogen and oxygen atoms in total. The van der Waals surface area contributed by atoms with E-state index < -0.39 is 0 Å². The molecule has 0 spiro atoms. The molecule has 0 aromatic heterocycles. The Hall–Kier alpha value is -1.74. The van der Waals surface area contributed by atoms with Crippen molar-refractivity contribution in [2.45, 2.75) is 13.0 Å². The van der Waals surface area contributed by atoms with Crippen molar-refractivity contribution in [2.24, 2.45) is 0 Å². The first-order valence-corrected chi connectivity index (χ1v) is 6.48. The van der Waals surface area contributed by atoms with E-state index in [0.29, 0.717) is 17.3 Å². The zero-order valence-electron chi connectivity index (χ0n) is 10.4. The van der Waals surface area contributed by atoms with Crippen LogP contribution in [-0.2, 0) is 0 Å². The van der Waals surface area contributed by atoms with Gasteiger partial charge in [0.1, 0.15) is 11.9 Å². The molecule has 0 fully saturated rings. The number of ether oxygens (including phenoxy) is 1. The molecule has 4 heteroatoms. The Morgan fingerprint density at radius 1 is 1.21 bits per heavy atom. The maximum atomic E-state index is 12.9. The van der Waals surface area contributed by atoms with Gasteiger partial charge >= 0.3 is 0 Å². The predicted molar refractivity (Wildman–Crippen MR) is 74.4 cm³/mol. The van der Waals surface area contributed by atoms with Crippen LogP contribution >= 0.6 is 11.6 Å². The van der Waals surface area contributed by atoms with Gasteiger partial charge < -0.3 is 10.1 Å². The highest BCUT2D eigenvalue weighted by atomic mass is 35.5. The van der Waals surface area contributed by atoms with E-state index in [4.69, 9.17) is 16.3 Å². The number of fused-ring (bicyclic) bond motifs is 1. The predicted octanol–water partition coefficient (Wildman–Crippen LogP) is 4.33. The lowest BCUT2D eigenvalue weighted by atomic mass is 10.1. The van der Waals surface area contributed by atoms with Gasteiger partial charge in [-0.1, -0.05) is 29.8 Å². The zero-order valence-corrected chi connectivity index (χ0v) is 11.2. The summed E-state index contributed by atoms with van der Waals surface area (Å²) in [4.78, 5) is 0. The van der Waals surface area contributed by atoms with Crippen LogP contribution in [0.4, 0.5) is 10.1 Å². The van der Waals surface area contributed by atoms with Crippen molar-refractivity contribution in [3.05, 3.63) is 58.4 Å². The molecule has 19 heavy (non-hydrogen) atoms. The number of benzene rings is 2. The van der Waals surface area contributed by atoms with Gasteiger partial charge in [-0.25, -0.2) is 4.39 Å². The van der Waals surface area contributed by atoms with Crippen LogP contribution in [0.5, 0.6) is 5.75 Å². The molecule has 1 unspecified atom stereocenters. The minimum atomic E-state index is -0.248. The Bertz CT molecular complexity index is 612. The third-order valence-electron chi connectivity index (χ3n) is 3.28. The molecule has 0 aliphatic carbocycles. The van der Waals surface area contributed by atoms with Crippen LogP contribution in [0.1, 0.15) is 17.2 Å². The molecule has 1 aliphatic heterocycles. The van der Waals surface area contributed by atoms with E-state index in [2.05, 4.69) is 5.32 Å². The minimum absolute atomic E-state index is 0.160. The molecule has 1 N–H and O–H groups in total. The quantitative estimate of drug-likeness (QED) is 0.837. The first-order valence-electron chi connectivity index (χ1n) is 6.10. The normalized spacial score (nSPS) is 17.3. The van der Waals surface area contributed by atoms with Gasteiger partial charge in [0.2, 0.25) is 0 Å². The average Bonchev–Trinajstić information content (AvgIpc) is 2.43. The Labute approximate surface area is 116 Å². The van der Waals surface area contributed by atoms with Gasteiger partial charge in [0.05, 0.1) is 17.3 Å². The third-order valence-corrected chi connectivity index (χ3v) is 3.58. The molecule has 2 aromatic carbocycles. The molecule has 3 rings (SSSR count). The van der Waals surface area contributed by atoms with E-state index in [1.807, 2.05) is 19.1 Å². The van der Waals surface area contributed by atoms with E-state index >= 15 is 0 Å². The SMILES string of the molecule is Cc1ccc(Cl)c2c1NCC(c1ccc(F)cc1)O2. The lowest BCUT2D eigenvalue weighted by Crippen LogP contribution is -2.24. The number of rotatable bonds is 1. The van der Waals surface area contributed by atoms with Crippen molar-refractivity contribution >= 4 is 17.3 Å². The molecule has 0 saturated heterocycles. The van der Waals surface area contributed by atoms with Gasteiger partial charge in [0.25, 0.3) is 0 Å². The lowest BCUT2D eigenvalue weighted by molar-refractivity contribution is 0.210. The fraction of sp³-hybridized carbons (Fsp3) is 0.200. The largest absolute Gasteiger partial charge is 0.480 e. The van der Waals surface area contributed by atoms with Crippen molar-refractivity contribution in [1.82, 2.24) is 0 Å². The summed E-state index contributed by atoms with van der Waals surface area (Å²) in [6.45, 7) is 2.64. The second-order valence-electron chi connectivity index (χ2n) is 4.61. The molecule has 0 saturated carbocycles. The fourth-order valence-electron chi connectivity index (χ4n) is 2.23. The van der Waals surface area contributed by atoms with Crippen molar-refractivity contribution in [3.63, 3.8) is 0 Å². The Balaban J connectivity index is 1.94. The first kappa shape index (κ1) is 12.3. The highest BCUT2D eigenvalue weighted by Gasteiger charge is 2.24. The Morgan fingerprint density at radius 3 is 2.68 bits per heavy atom. The molecular formula is C15H13ClFNO. The standard InChI is InChI=1S/C15H13ClFNO/c1-9-2-7-12(16)15-14(9)18-8-13(19-15)10-3-5-11(17)6-4-10/h2-7,13,18H,8H2,1H3. The van der Waals surface area contributed by atoms with Gasteiger partial charge in [-0.15, -0.1) is 0 Å². The van der Waals surface area contributed by atoms with Crippen LogP contribution in [0, 0.1) is 12.7 Å². The van der Waals surface area contributed by atoms with Crippen molar-refractivity contribution < 1.29 is 9.13 Å². The van der Waals surface area contributed by atoms with Crippen LogP contribution in [0.3, 0.4) is 0 Å². The van der Waals surface area contributed by atoms with Crippen LogP contribution in [0.25, 0.3) is 0 Å². The summed E-state index contributed by atoms with van der Waals surface area (Å²) < 4.78 is 18.9. The van der Waals surface area contributed by atoms with Crippen LogP contribution in [-0.4, -0.2) is 6.54 Å².